The monoisotopic (exact) mass is 888 g/mol. The largest absolute Gasteiger partial charge is 0.508 e. The highest BCUT2D eigenvalue weighted by atomic mass is 32.1. The van der Waals surface area contributed by atoms with E-state index in [1.54, 1.807) is 37.3 Å². The number of nitrogens with one attached hydrogen (secondary N) is 6. The van der Waals surface area contributed by atoms with Crippen LogP contribution in [0.5, 0.6) is 23.0 Å². The molecule has 6 rings (SSSR count). The number of primary amides is 1. The van der Waals surface area contributed by atoms with Gasteiger partial charge in [0.1, 0.15) is 41.1 Å². The fourth-order valence-electron chi connectivity index (χ4n) is 7.89. The molecule has 20 nitrogen and oxygen atoms in total. The van der Waals surface area contributed by atoms with E-state index in [2.05, 4.69) is 31.9 Å². The maximum Gasteiger partial charge on any atom is 0.340 e. The molecular formula is C42H48N8O12S. The second-order valence-corrected chi connectivity index (χ2v) is 15.5. The number of phenols is 2. The number of aromatic hydroxyl groups is 2. The first-order chi connectivity index (χ1) is 30.1. The van der Waals surface area contributed by atoms with E-state index in [0.29, 0.717) is 41.8 Å². The molecule has 0 aliphatic carbocycles. The number of hydrogen-bond acceptors (Lipinski definition) is 12. The Kier molecular flexibility index (Phi) is 14.2. The van der Waals surface area contributed by atoms with Gasteiger partial charge >= 0.3 is 18.0 Å². The van der Waals surface area contributed by atoms with Gasteiger partial charge in [-0.1, -0.05) is 6.07 Å². The highest BCUT2D eigenvalue weighted by molar-refractivity contribution is 7.80. The zero-order chi connectivity index (χ0) is 45.4. The van der Waals surface area contributed by atoms with Gasteiger partial charge in [0.05, 0.1) is 5.56 Å². The van der Waals surface area contributed by atoms with Crippen LogP contribution >= 0.6 is 12.2 Å². The van der Waals surface area contributed by atoms with E-state index in [-0.39, 0.29) is 79.0 Å². The molecule has 1 fully saturated rings. The topological polar surface area (TPSA) is 300 Å². The molecule has 3 aliphatic rings. The van der Waals surface area contributed by atoms with Gasteiger partial charge in [-0.3, -0.25) is 24.0 Å². The highest BCUT2D eigenvalue weighted by Crippen LogP contribution is 2.57. The number of likely N-dealkylation sites (tertiary alicyclic amines) is 1. The van der Waals surface area contributed by atoms with Crippen molar-refractivity contribution in [3.05, 3.63) is 76.9 Å². The van der Waals surface area contributed by atoms with Crippen LogP contribution in [0, 0.1) is 0 Å². The summed E-state index contributed by atoms with van der Waals surface area (Å²) in [5.41, 5.74) is 5.70. The maximum absolute atomic E-state index is 13.8. The molecule has 3 aliphatic heterocycles. The fraction of sp³-hybridized carbons (Fsp3) is 0.381. The number of fused-ring (bicyclic) bond motifs is 6. The second-order valence-electron chi connectivity index (χ2n) is 15.1. The van der Waals surface area contributed by atoms with Crippen molar-refractivity contribution in [2.75, 3.05) is 31.5 Å². The number of carboxylic acid groups (broad SMARTS) is 1. The number of nitrogens with zero attached hydrogens (tertiary/aromatic N) is 1. The molecule has 0 aromatic heterocycles. The number of esters is 1. The van der Waals surface area contributed by atoms with Crippen molar-refractivity contribution in [2.24, 2.45) is 5.73 Å². The predicted molar refractivity (Wildman–Crippen MR) is 228 cm³/mol. The van der Waals surface area contributed by atoms with Crippen LogP contribution in [-0.2, 0) is 34.3 Å². The number of carboxylic acids is 1. The number of amides is 6. The van der Waals surface area contributed by atoms with E-state index in [4.69, 9.17) is 27.4 Å². The van der Waals surface area contributed by atoms with Crippen molar-refractivity contribution in [3.8, 4) is 23.0 Å². The number of carbonyl (C=O) groups excluding carboxylic acids is 6. The maximum atomic E-state index is 13.8. The summed E-state index contributed by atoms with van der Waals surface area (Å²) in [6.07, 6.45) is 0.347. The molecule has 3 aromatic carbocycles. The van der Waals surface area contributed by atoms with Crippen LogP contribution in [0.15, 0.2) is 54.6 Å². The van der Waals surface area contributed by atoms with E-state index in [0.717, 1.165) is 0 Å². The lowest BCUT2D eigenvalue weighted by atomic mass is 9.77. The summed E-state index contributed by atoms with van der Waals surface area (Å²) in [6.45, 7) is 2.36. The Morgan fingerprint density at radius 3 is 2.21 bits per heavy atom. The smallest absolute Gasteiger partial charge is 0.340 e. The first-order valence-electron chi connectivity index (χ1n) is 20.3. The SMILES string of the molecule is CCNC(=O)[C@H](CCCNC(N)=O)NC(=O)[C@@H]1CCCN1C(=O)[C@H](CCC(=O)O)NC(=O)CCNC(=S)Nc1ccc2c(c1)C(=O)OC21c2ccc(O)cc2Oc2cc(O)ccc21. The summed E-state index contributed by atoms with van der Waals surface area (Å²) in [6, 6.07) is 9.85. The van der Waals surface area contributed by atoms with Crippen LogP contribution in [0.1, 0.15) is 78.9 Å². The van der Waals surface area contributed by atoms with Gasteiger partial charge in [-0.25, -0.2) is 9.59 Å². The molecular weight excluding hydrogens is 841 g/mol. The van der Waals surface area contributed by atoms with Gasteiger partial charge in [0.2, 0.25) is 23.6 Å². The van der Waals surface area contributed by atoms with E-state index in [1.165, 1.54) is 29.2 Å². The number of phenolic OH excluding ortho intramolecular Hbond substituents is 2. The van der Waals surface area contributed by atoms with Crippen molar-refractivity contribution in [1.29, 1.82) is 0 Å². The number of anilines is 1. The molecule has 0 unspecified atom stereocenters. The summed E-state index contributed by atoms with van der Waals surface area (Å²) >= 11 is 5.46. The summed E-state index contributed by atoms with van der Waals surface area (Å²) < 4.78 is 12.1. The molecule has 334 valence electrons. The number of carbonyl (C=O) groups is 7. The number of urea groups is 1. The van der Waals surface area contributed by atoms with E-state index >= 15 is 0 Å². The Hall–Kier alpha value is -7.16. The predicted octanol–water partition coefficient (Wildman–Crippen LogP) is 1.75. The van der Waals surface area contributed by atoms with Crippen LogP contribution in [-0.4, -0.2) is 111 Å². The Bertz CT molecular complexity index is 2270. The molecule has 11 N–H and O–H groups in total. The van der Waals surface area contributed by atoms with Crippen molar-refractivity contribution < 1.29 is 58.4 Å². The molecule has 0 saturated carbocycles. The number of likely N-dealkylation sites (N-methyl/N-ethyl adjacent to an activating group) is 1. The molecule has 6 amide bonds. The number of ether oxygens (including phenoxy) is 2. The lowest BCUT2D eigenvalue weighted by Gasteiger charge is -2.36. The van der Waals surface area contributed by atoms with Gasteiger partial charge < -0.3 is 67.3 Å². The Labute approximate surface area is 366 Å². The van der Waals surface area contributed by atoms with Crippen molar-refractivity contribution in [2.45, 2.75) is 75.6 Å². The minimum absolute atomic E-state index is 0.00816. The fourth-order valence-corrected chi connectivity index (χ4v) is 8.11. The number of rotatable bonds is 17. The molecule has 21 heteroatoms. The zero-order valence-corrected chi connectivity index (χ0v) is 35.0. The van der Waals surface area contributed by atoms with Gasteiger partial charge in [0.15, 0.2) is 10.7 Å². The second kappa shape index (κ2) is 19.7. The average Bonchev–Trinajstić information content (AvgIpc) is 3.83. The third-order valence-electron chi connectivity index (χ3n) is 10.7. The van der Waals surface area contributed by atoms with Crippen molar-refractivity contribution >= 4 is 64.6 Å². The molecule has 3 atom stereocenters. The molecule has 0 bridgehead atoms. The van der Waals surface area contributed by atoms with Gasteiger partial charge in [0, 0.05) is 73.5 Å². The number of hydrogen-bond donors (Lipinski definition) is 10. The molecule has 0 radical (unpaired) electrons. The third kappa shape index (κ3) is 10.3. The van der Waals surface area contributed by atoms with Gasteiger partial charge in [-0.2, -0.15) is 0 Å². The average molecular weight is 889 g/mol. The van der Waals surface area contributed by atoms with Crippen LogP contribution in [0.3, 0.4) is 0 Å². The molecule has 3 aromatic rings. The quantitative estimate of drug-likeness (QED) is 0.0525. The molecule has 3 heterocycles. The molecule has 63 heavy (non-hydrogen) atoms. The van der Waals surface area contributed by atoms with Gasteiger partial charge in [0.25, 0.3) is 0 Å². The standard InChI is InChI=1S/C42H48N8O12S/c1-2-44-36(56)29(5-3-16-45-40(43)60)49-37(57)31-6-4-18-50(31)38(58)30(13-14-35(54)55)48-34(53)15-17-46-41(63)47-22-7-10-26-25(19-22)39(59)62-42(26)27-11-8-23(51)20-32(27)61-33-21-24(52)9-12-28(33)42/h7-12,19-21,29-31,51-52H,2-6,13-18H2,1H3,(H,44,56)(H,48,53)(H,49,57)(H,54,55)(H3,43,45,60)(H2,46,47,63)/t29-,30-,31-/m0/s1. The van der Waals surface area contributed by atoms with Gasteiger partial charge in [-0.15, -0.1) is 0 Å². The third-order valence-corrected chi connectivity index (χ3v) is 11.0. The summed E-state index contributed by atoms with van der Waals surface area (Å²) in [7, 11) is 0. The number of nitrogens with two attached hydrogens (primary N) is 1. The number of thiocarbonyl (C=S) groups is 1. The van der Waals surface area contributed by atoms with Gasteiger partial charge in [-0.05, 0) is 87.6 Å². The van der Waals surface area contributed by atoms with Crippen LogP contribution in [0.25, 0.3) is 0 Å². The Balaban J connectivity index is 1.06. The van der Waals surface area contributed by atoms with Crippen LogP contribution < -0.4 is 42.4 Å². The summed E-state index contributed by atoms with van der Waals surface area (Å²) in [5.74, 6) is -3.79. The van der Waals surface area contributed by atoms with E-state index < -0.39 is 71.7 Å². The summed E-state index contributed by atoms with van der Waals surface area (Å²) in [5, 5.41) is 46.1. The van der Waals surface area contributed by atoms with Crippen LogP contribution in [0.4, 0.5) is 10.5 Å². The van der Waals surface area contributed by atoms with Crippen molar-refractivity contribution in [3.63, 3.8) is 0 Å². The summed E-state index contributed by atoms with van der Waals surface area (Å²) in [4.78, 5) is 90.6. The lowest BCUT2D eigenvalue weighted by molar-refractivity contribution is -0.143. The molecule has 1 spiro atoms. The number of aliphatic carboxylic acids is 1. The Morgan fingerprint density at radius 1 is 0.873 bits per heavy atom. The van der Waals surface area contributed by atoms with E-state index in [1.807, 2.05) is 0 Å². The minimum Gasteiger partial charge on any atom is -0.508 e. The lowest BCUT2D eigenvalue weighted by Crippen LogP contribution is -2.56. The number of benzene rings is 3. The highest BCUT2D eigenvalue weighted by Gasteiger charge is 2.53. The van der Waals surface area contributed by atoms with Crippen molar-refractivity contribution in [1.82, 2.24) is 31.5 Å². The van der Waals surface area contributed by atoms with E-state index in [9.17, 15) is 48.9 Å². The Morgan fingerprint density at radius 2 is 1.56 bits per heavy atom. The molecule has 1 saturated heterocycles. The normalized spacial score (nSPS) is 16.2. The first kappa shape index (κ1) is 45.4. The minimum atomic E-state index is -1.45. The first-order valence-corrected chi connectivity index (χ1v) is 20.7. The van der Waals surface area contributed by atoms with Crippen LogP contribution in [0.2, 0.25) is 0 Å². The zero-order valence-electron chi connectivity index (χ0n) is 34.2.